The number of nitrogen functional groups attached to an aromatic ring is 1. The van der Waals surface area contributed by atoms with Gasteiger partial charge in [0.15, 0.2) is 5.65 Å². The zero-order valence-corrected chi connectivity index (χ0v) is 26.5. The van der Waals surface area contributed by atoms with Crippen molar-refractivity contribution in [3.05, 3.63) is 72.3 Å². The van der Waals surface area contributed by atoms with Crippen molar-refractivity contribution in [2.45, 2.75) is 63.2 Å². The molecule has 2 saturated heterocycles. The molecule has 2 aromatic heterocycles. The number of halogens is 1. The van der Waals surface area contributed by atoms with Gasteiger partial charge in [0.2, 0.25) is 0 Å². The van der Waals surface area contributed by atoms with Crippen LogP contribution in [-0.2, 0) is 9.53 Å². The summed E-state index contributed by atoms with van der Waals surface area (Å²) in [7, 11) is 0. The summed E-state index contributed by atoms with van der Waals surface area (Å²) >= 11 is 0. The largest absolute Gasteiger partial charge is 0.457 e. The van der Waals surface area contributed by atoms with Crippen LogP contribution in [0.2, 0.25) is 0 Å². The van der Waals surface area contributed by atoms with Gasteiger partial charge in [-0.15, -0.1) is 0 Å². The second-order valence-corrected chi connectivity index (χ2v) is 13.0. The fourth-order valence-corrected chi connectivity index (χ4v) is 6.87. The average molecular weight is 637 g/mol. The summed E-state index contributed by atoms with van der Waals surface area (Å²) in [5, 5.41) is 15.4. The van der Waals surface area contributed by atoms with E-state index in [1.165, 1.54) is 12.4 Å². The molecule has 2 aliphatic heterocycles. The van der Waals surface area contributed by atoms with Gasteiger partial charge >= 0.3 is 0 Å². The van der Waals surface area contributed by atoms with E-state index in [1.807, 2.05) is 24.3 Å². The van der Waals surface area contributed by atoms with E-state index in [2.05, 4.69) is 34.8 Å². The van der Waals surface area contributed by atoms with E-state index in [4.69, 9.17) is 20.3 Å². The predicted octanol–water partition coefficient (Wildman–Crippen LogP) is 5.26. The topological polar surface area (TPSA) is 135 Å². The number of para-hydroxylation sites is 1. The van der Waals surface area contributed by atoms with Crippen molar-refractivity contribution in [2.75, 3.05) is 32.0 Å². The van der Waals surface area contributed by atoms with Crippen molar-refractivity contribution < 1.29 is 18.7 Å². The van der Waals surface area contributed by atoms with Crippen molar-refractivity contribution in [2.24, 2.45) is 0 Å². The quantitative estimate of drug-likeness (QED) is 0.193. The Morgan fingerprint density at radius 3 is 2.60 bits per heavy atom. The van der Waals surface area contributed by atoms with Crippen LogP contribution in [0.1, 0.15) is 45.6 Å². The summed E-state index contributed by atoms with van der Waals surface area (Å²) in [5.41, 5.74) is 6.96. The first-order valence-corrected chi connectivity index (χ1v) is 16.0. The van der Waals surface area contributed by atoms with E-state index in [0.717, 1.165) is 12.8 Å². The molecule has 11 nitrogen and oxygen atoms in total. The highest BCUT2D eigenvalue weighted by molar-refractivity contribution is 5.99. The summed E-state index contributed by atoms with van der Waals surface area (Å²) < 4.78 is 28.7. The maximum absolute atomic E-state index is 15.7. The number of nitriles is 1. The van der Waals surface area contributed by atoms with Gasteiger partial charge in [0.1, 0.15) is 46.8 Å². The molecule has 4 aromatic rings. The maximum Gasteiger partial charge on any atom is 0.264 e. The molecular weight excluding hydrogens is 599 g/mol. The molecule has 3 fully saturated rings. The summed E-state index contributed by atoms with van der Waals surface area (Å²) in [4.78, 5) is 26.6. The number of ether oxygens (including phenoxy) is 2. The number of anilines is 1. The Labute approximate surface area is 272 Å². The minimum absolute atomic E-state index is 0.124. The normalized spacial score (nSPS) is 19.1. The first-order chi connectivity index (χ1) is 22.7. The number of amides is 1. The van der Waals surface area contributed by atoms with Crippen molar-refractivity contribution in [1.29, 1.82) is 5.26 Å². The number of nitrogens with two attached hydrogens (primary N) is 1. The molecule has 242 valence electrons. The fourth-order valence-electron chi connectivity index (χ4n) is 6.87. The van der Waals surface area contributed by atoms with Crippen molar-refractivity contribution in [3.8, 4) is 28.8 Å². The number of benzene rings is 2. The third-order valence-electron chi connectivity index (χ3n) is 9.19. The summed E-state index contributed by atoms with van der Waals surface area (Å²) in [6.45, 7) is 6.29. The molecule has 1 saturated carbocycles. The van der Waals surface area contributed by atoms with Gasteiger partial charge in [-0.05, 0) is 69.9 Å². The molecule has 47 heavy (non-hydrogen) atoms. The highest BCUT2D eigenvalue weighted by Crippen LogP contribution is 2.39. The second-order valence-electron chi connectivity index (χ2n) is 13.0. The zero-order chi connectivity index (χ0) is 32.7. The van der Waals surface area contributed by atoms with Crippen LogP contribution >= 0.6 is 0 Å². The molecule has 0 spiro atoms. The van der Waals surface area contributed by atoms with E-state index in [-0.39, 0.29) is 34.9 Å². The number of hydrogen-bond donors (Lipinski definition) is 1. The highest BCUT2D eigenvalue weighted by atomic mass is 19.1. The summed E-state index contributed by atoms with van der Waals surface area (Å²) in [6.07, 6.45) is 6.81. The Balaban J connectivity index is 1.16. The standard InChI is InChI=1S/C35H37FN8O3/c1-35(2,43(23-10-11-23)25-19-46-20-25)16-22(17-37)34(45)42-14-6-7-24(18-42)44-33-30(32(38)39-21-40-33)31(41-44)28-13-12-27(15-29(28)36)47-26-8-4-3-5-9-26/h3-5,8-9,12-13,15-16,21,23-25H,6-7,10-11,14,18-20H2,1-2H3,(H2,38,39,40)/t24-/m0/s1. The van der Waals surface area contributed by atoms with Crippen molar-refractivity contribution in [3.63, 3.8) is 0 Å². The SMILES string of the molecule is CC(C)(C=C(C#N)C(=O)N1CCC[C@H](n2nc(-c3ccc(Oc4ccccc4)cc3F)c3c(N)ncnc32)C1)N(C1CC1)C1COC1. The molecule has 1 aliphatic carbocycles. The lowest BCUT2D eigenvalue weighted by Crippen LogP contribution is -2.58. The smallest absolute Gasteiger partial charge is 0.264 e. The van der Waals surface area contributed by atoms with Gasteiger partial charge in [-0.25, -0.2) is 19.0 Å². The lowest BCUT2D eigenvalue weighted by atomic mass is 9.94. The molecule has 0 unspecified atom stereocenters. The maximum atomic E-state index is 15.7. The van der Waals surface area contributed by atoms with E-state index < -0.39 is 11.4 Å². The van der Waals surface area contributed by atoms with E-state index in [9.17, 15) is 10.1 Å². The zero-order valence-electron chi connectivity index (χ0n) is 26.5. The Bertz CT molecular complexity index is 1880. The van der Waals surface area contributed by atoms with E-state index in [0.29, 0.717) is 73.4 Å². The molecule has 3 aliphatic rings. The van der Waals surface area contributed by atoms with Crippen LogP contribution in [-0.4, -0.2) is 79.4 Å². The van der Waals surface area contributed by atoms with Crippen LogP contribution in [0, 0.1) is 17.1 Å². The second kappa shape index (κ2) is 12.4. The minimum Gasteiger partial charge on any atom is -0.457 e. The van der Waals surface area contributed by atoms with Crippen LogP contribution in [0.25, 0.3) is 22.3 Å². The number of hydrogen-bond acceptors (Lipinski definition) is 9. The molecule has 1 amide bonds. The van der Waals surface area contributed by atoms with Gasteiger partial charge in [0, 0.05) is 36.3 Å². The monoisotopic (exact) mass is 636 g/mol. The Hall–Kier alpha value is -4.86. The van der Waals surface area contributed by atoms with Crippen molar-refractivity contribution >= 4 is 22.8 Å². The summed E-state index contributed by atoms with van der Waals surface area (Å²) in [6, 6.07) is 16.4. The predicted molar refractivity (Wildman–Crippen MR) is 174 cm³/mol. The van der Waals surface area contributed by atoms with Gasteiger partial charge < -0.3 is 20.1 Å². The number of fused-ring (bicyclic) bond motifs is 1. The number of likely N-dealkylation sites (tertiary alicyclic amines) is 1. The van der Waals surface area contributed by atoms with Crippen LogP contribution in [0.3, 0.4) is 0 Å². The number of aromatic nitrogens is 4. The first kappa shape index (κ1) is 30.8. The van der Waals surface area contributed by atoms with Gasteiger partial charge in [-0.3, -0.25) is 9.69 Å². The molecule has 4 heterocycles. The van der Waals surface area contributed by atoms with Gasteiger partial charge in [-0.2, -0.15) is 10.4 Å². The van der Waals surface area contributed by atoms with Gasteiger partial charge in [0.05, 0.1) is 30.7 Å². The minimum atomic E-state index is -0.534. The van der Waals surface area contributed by atoms with Gasteiger partial charge in [0.25, 0.3) is 5.91 Å². The molecule has 1 atom stereocenters. The Morgan fingerprint density at radius 1 is 1.13 bits per heavy atom. The molecule has 12 heteroatoms. The molecule has 7 rings (SSSR count). The van der Waals surface area contributed by atoms with E-state index >= 15 is 4.39 Å². The molecule has 0 radical (unpaired) electrons. The number of carbonyl (C=O) groups is 1. The van der Waals surface area contributed by atoms with Crippen LogP contribution < -0.4 is 10.5 Å². The number of nitrogens with zero attached hydrogens (tertiary/aromatic N) is 7. The fraction of sp³-hybridized carbons (Fsp3) is 0.400. The third-order valence-corrected chi connectivity index (χ3v) is 9.19. The Kier molecular flexibility index (Phi) is 8.11. The summed E-state index contributed by atoms with van der Waals surface area (Å²) in [5.74, 6) is 0.274. The van der Waals surface area contributed by atoms with Crippen molar-refractivity contribution in [1.82, 2.24) is 29.5 Å². The number of rotatable bonds is 9. The van der Waals surface area contributed by atoms with Gasteiger partial charge in [-0.1, -0.05) is 18.2 Å². The number of piperidine rings is 1. The molecule has 2 N–H and O–H groups in total. The van der Waals surface area contributed by atoms with Crippen LogP contribution in [0.4, 0.5) is 10.2 Å². The number of carbonyl (C=O) groups excluding carboxylic acids is 1. The van der Waals surface area contributed by atoms with Crippen LogP contribution in [0.5, 0.6) is 11.5 Å². The molecular formula is C35H37FN8O3. The van der Waals surface area contributed by atoms with Crippen LogP contribution in [0.15, 0.2) is 66.5 Å². The van der Waals surface area contributed by atoms with E-state index in [1.54, 1.807) is 33.8 Å². The first-order valence-electron chi connectivity index (χ1n) is 16.0. The molecule has 2 aromatic carbocycles. The highest BCUT2D eigenvalue weighted by Gasteiger charge is 2.44. The lowest BCUT2D eigenvalue weighted by molar-refractivity contribution is -0.128. The molecule has 0 bridgehead atoms. The lowest BCUT2D eigenvalue weighted by Gasteiger charge is -2.46. The Morgan fingerprint density at radius 2 is 1.91 bits per heavy atom. The average Bonchev–Trinajstić information content (AvgIpc) is 3.81. The third kappa shape index (κ3) is 6.04.